The fourth-order valence-corrected chi connectivity index (χ4v) is 2.08. The molecule has 5 heteroatoms. The van der Waals surface area contributed by atoms with Crippen molar-refractivity contribution in [2.75, 3.05) is 59.9 Å². The molecule has 0 aromatic carbocycles. The number of hydrogen-bond donors (Lipinski definition) is 2. The van der Waals surface area contributed by atoms with Gasteiger partial charge in [0.25, 0.3) is 0 Å². The van der Waals surface area contributed by atoms with Gasteiger partial charge in [0.05, 0.1) is 0 Å². The molecular weight excluding hydrogens is 264 g/mol. The van der Waals surface area contributed by atoms with Crippen molar-refractivity contribution in [3.05, 3.63) is 0 Å². The summed E-state index contributed by atoms with van der Waals surface area (Å²) in [5.74, 6) is 0. The van der Waals surface area contributed by atoms with Crippen LogP contribution in [0, 0.1) is 0 Å². The summed E-state index contributed by atoms with van der Waals surface area (Å²) in [5.41, 5.74) is 5.25. The lowest BCUT2D eigenvalue weighted by Crippen LogP contribution is -2.49. The third-order valence-corrected chi connectivity index (χ3v) is 3.28. The Morgan fingerprint density at radius 3 is 1.95 bits per heavy atom. The van der Waals surface area contributed by atoms with Gasteiger partial charge in [-0.15, -0.1) is 0 Å². The molecule has 0 amide bonds. The number of rotatable bonds is 6. The van der Waals surface area contributed by atoms with E-state index in [4.69, 9.17) is 5.73 Å². The van der Waals surface area contributed by atoms with Crippen LogP contribution in [0.3, 0.4) is 0 Å². The first-order valence-corrected chi connectivity index (χ1v) is 8.50. The van der Waals surface area contributed by atoms with Crippen LogP contribution in [-0.4, -0.2) is 85.9 Å². The van der Waals surface area contributed by atoms with Gasteiger partial charge in [-0.05, 0) is 53.5 Å². The van der Waals surface area contributed by atoms with Gasteiger partial charge >= 0.3 is 0 Å². The minimum Gasteiger partial charge on any atom is -0.379 e. The summed E-state index contributed by atoms with van der Waals surface area (Å²) in [6.07, 6.45) is 2.07. The van der Waals surface area contributed by atoms with Crippen molar-refractivity contribution in [2.45, 2.75) is 46.8 Å². The molecule has 0 spiro atoms. The highest BCUT2D eigenvalue weighted by atomic mass is 16.3. The topological polar surface area (TPSA) is 56.0 Å². The number of aliphatic hydroxyl groups is 1. The van der Waals surface area contributed by atoms with Crippen molar-refractivity contribution in [2.24, 2.45) is 5.73 Å². The fraction of sp³-hybridized carbons (Fsp3) is 1.00. The second-order valence-electron chi connectivity index (χ2n) is 5.45. The Balaban J connectivity index is 0. The van der Waals surface area contributed by atoms with Crippen LogP contribution in [0.4, 0.5) is 0 Å². The molecule has 0 bridgehead atoms. The molecule has 130 valence electrons. The predicted octanol–water partition coefficient (Wildman–Crippen LogP) is 1.28. The normalized spacial score (nSPS) is 17.6. The molecule has 0 saturated carbocycles. The first-order chi connectivity index (χ1) is 10.0. The molecule has 21 heavy (non-hydrogen) atoms. The van der Waals surface area contributed by atoms with Crippen molar-refractivity contribution in [1.29, 1.82) is 0 Å². The maximum absolute atomic E-state index is 9.30. The molecular formula is C16H40N4O. The molecule has 1 aliphatic heterocycles. The monoisotopic (exact) mass is 304 g/mol. The van der Waals surface area contributed by atoms with Gasteiger partial charge in [-0.3, -0.25) is 4.90 Å². The summed E-state index contributed by atoms with van der Waals surface area (Å²) < 4.78 is 0. The number of piperazine rings is 1. The van der Waals surface area contributed by atoms with Crippen molar-refractivity contribution >= 4 is 0 Å². The molecule has 1 atom stereocenters. The Morgan fingerprint density at radius 2 is 1.67 bits per heavy atom. The van der Waals surface area contributed by atoms with E-state index in [1.165, 1.54) is 13.0 Å². The SMILES string of the molecule is CC.CCCN1CCN(C(C)O)CC1.CN(C)CCCN. The maximum atomic E-state index is 9.30. The second-order valence-corrected chi connectivity index (χ2v) is 5.45. The Hall–Kier alpha value is -0.200. The fourth-order valence-electron chi connectivity index (χ4n) is 2.08. The van der Waals surface area contributed by atoms with Crippen molar-refractivity contribution in [3.63, 3.8) is 0 Å². The largest absolute Gasteiger partial charge is 0.379 e. The molecule has 0 aliphatic carbocycles. The molecule has 1 rings (SSSR count). The lowest BCUT2D eigenvalue weighted by molar-refractivity contribution is -0.0126. The van der Waals surface area contributed by atoms with Crippen LogP contribution in [0.2, 0.25) is 0 Å². The van der Waals surface area contributed by atoms with Crippen LogP contribution < -0.4 is 5.73 Å². The summed E-state index contributed by atoms with van der Waals surface area (Å²) in [6.45, 7) is 15.4. The Bertz CT molecular complexity index is 193. The van der Waals surface area contributed by atoms with E-state index in [2.05, 4.69) is 35.7 Å². The van der Waals surface area contributed by atoms with E-state index in [1.807, 2.05) is 20.8 Å². The number of aliphatic hydroxyl groups excluding tert-OH is 1. The number of nitrogens with two attached hydrogens (primary N) is 1. The van der Waals surface area contributed by atoms with Crippen LogP contribution in [0.15, 0.2) is 0 Å². The van der Waals surface area contributed by atoms with E-state index in [1.54, 1.807) is 0 Å². The highest BCUT2D eigenvalue weighted by Gasteiger charge is 2.18. The predicted molar refractivity (Wildman–Crippen MR) is 93.6 cm³/mol. The Kier molecular flexibility index (Phi) is 17.8. The molecule has 1 unspecified atom stereocenters. The molecule has 1 aliphatic rings. The molecule has 1 heterocycles. The minimum absolute atomic E-state index is 0.270. The van der Waals surface area contributed by atoms with Gasteiger partial charge < -0.3 is 20.6 Å². The Labute approximate surface area is 133 Å². The van der Waals surface area contributed by atoms with E-state index in [0.29, 0.717) is 0 Å². The third kappa shape index (κ3) is 14.5. The molecule has 1 fully saturated rings. The molecule has 0 aromatic rings. The van der Waals surface area contributed by atoms with E-state index >= 15 is 0 Å². The van der Waals surface area contributed by atoms with Crippen LogP contribution in [0.5, 0.6) is 0 Å². The lowest BCUT2D eigenvalue weighted by Gasteiger charge is -2.35. The average molecular weight is 305 g/mol. The smallest absolute Gasteiger partial charge is 0.104 e. The van der Waals surface area contributed by atoms with Crippen LogP contribution in [-0.2, 0) is 0 Å². The highest BCUT2D eigenvalue weighted by molar-refractivity contribution is 4.71. The lowest BCUT2D eigenvalue weighted by atomic mass is 10.3. The first-order valence-electron chi connectivity index (χ1n) is 8.50. The zero-order valence-electron chi connectivity index (χ0n) is 15.3. The van der Waals surface area contributed by atoms with Crippen LogP contribution >= 0.6 is 0 Å². The average Bonchev–Trinajstić information content (AvgIpc) is 2.49. The van der Waals surface area contributed by atoms with E-state index < -0.39 is 0 Å². The van der Waals surface area contributed by atoms with E-state index in [0.717, 1.165) is 45.7 Å². The van der Waals surface area contributed by atoms with E-state index in [9.17, 15) is 5.11 Å². The van der Waals surface area contributed by atoms with Gasteiger partial charge in [-0.25, -0.2) is 0 Å². The first kappa shape index (κ1) is 23.1. The zero-order chi connectivity index (χ0) is 16.7. The van der Waals surface area contributed by atoms with E-state index in [-0.39, 0.29) is 6.23 Å². The van der Waals surface area contributed by atoms with Crippen molar-refractivity contribution in [1.82, 2.24) is 14.7 Å². The quantitative estimate of drug-likeness (QED) is 0.774. The number of hydrogen-bond acceptors (Lipinski definition) is 5. The van der Waals surface area contributed by atoms with Gasteiger partial charge in [0.15, 0.2) is 0 Å². The summed E-state index contributed by atoms with van der Waals surface area (Å²) in [4.78, 5) is 6.71. The summed E-state index contributed by atoms with van der Waals surface area (Å²) in [6, 6.07) is 0. The molecule has 0 aromatic heterocycles. The van der Waals surface area contributed by atoms with Crippen LogP contribution in [0.1, 0.15) is 40.5 Å². The zero-order valence-corrected chi connectivity index (χ0v) is 15.3. The molecule has 0 radical (unpaired) electrons. The summed E-state index contributed by atoms with van der Waals surface area (Å²) in [7, 11) is 4.10. The highest BCUT2D eigenvalue weighted by Crippen LogP contribution is 2.04. The summed E-state index contributed by atoms with van der Waals surface area (Å²) >= 11 is 0. The molecule has 3 N–H and O–H groups in total. The second kappa shape index (κ2) is 16.2. The van der Waals surface area contributed by atoms with Gasteiger partial charge in [0.1, 0.15) is 6.23 Å². The molecule has 5 nitrogen and oxygen atoms in total. The van der Waals surface area contributed by atoms with Gasteiger partial charge in [-0.2, -0.15) is 0 Å². The number of nitrogens with zero attached hydrogens (tertiary/aromatic N) is 3. The maximum Gasteiger partial charge on any atom is 0.104 e. The Morgan fingerprint density at radius 1 is 1.14 bits per heavy atom. The van der Waals surface area contributed by atoms with Crippen molar-refractivity contribution < 1.29 is 5.11 Å². The van der Waals surface area contributed by atoms with Crippen LogP contribution in [0.25, 0.3) is 0 Å². The summed E-state index contributed by atoms with van der Waals surface area (Å²) in [5, 5.41) is 9.30. The standard InChI is InChI=1S/C9H20N2O.C5H14N2.C2H6/c1-3-4-10-5-7-11(8-6-10)9(2)12;1-7(2)5-3-4-6;1-2/h9,12H,3-8H2,1-2H3;3-6H2,1-2H3;1-2H3. The minimum atomic E-state index is -0.270. The van der Waals surface area contributed by atoms with Gasteiger partial charge in [-0.1, -0.05) is 20.8 Å². The van der Waals surface area contributed by atoms with Gasteiger partial charge in [0, 0.05) is 26.2 Å². The third-order valence-electron chi connectivity index (χ3n) is 3.28. The molecule has 1 saturated heterocycles. The van der Waals surface area contributed by atoms with Gasteiger partial charge in [0.2, 0.25) is 0 Å². The van der Waals surface area contributed by atoms with Crippen molar-refractivity contribution in [3.8, 4) is 0 Å².